The second-order valence-corrected chi connectivity index (χ2v) is 2.82. The van der Waals surface area contributed by atoms with Crippen molar-refractivity contribution in [1.82, 2.24) is 4.57 Å². The fourth-order valence-electron chi connectivity index (χ4n) is 1.11. The predicted molar refractivity (Wildman–Crippen MR) is 49.0 cm³/mol. The Bertz CT molecular complexity index is 395. The van der Waals surface area contributed by atoms with Crippen LogP contribution < -0.4 is 17.0 Å². The average molecular weight is 181 g/mol. The van der Waals surface area contributed by atoms with Crippen LogP contribution in [-0.4, -0.2) is 10.5 Å². The van der Waals surface area contributed by atoms with E-state index in [2.05, 4.69) is 0 Å². The van der Waals surface area contributed by atoms with Gasteiger partial charge in [0.15, 0.2) is 0 Å². The first-order valence-corrected chi connectivity index (χ1v) is 3.76. The fraction of sp³-hybridized carbons (Fsp3) is 0.250. The van der Waals surface area contributed by atoms with Crippen LogP contribution in [0.5, 0.6) is 0 Å². The number of nitrogens with zero attached hydrogens (tertiary/aromatic N) is 1. The van der Waals surface area contributed by atoms with Crippen molar-refractivity contribution in [3.8, 4) is 0 Å². The van der Waals surface area contributed by atoms with Gasteiger partial charge in [-0.15, -0.1) is 0 Å². The van der Waals surface area contributed by atoms with Crippen LogP contribution in [-0.2, 0) is 11.3 Å². The van der Waals surface area contributed by atoms with Gasteiger partial charge in [-0.05, 0) is 13.0 Å². The molecule has 1 rings (SSSR count). The third-order valence-corrected chi connectivity index (χ3v) is 1.67. The fourth-order valence-corrected chi connectivity index (χ4v) is 1.11. The van der Waals surface area contributed by atoms with Crippen LogP contribution in [0.2, 0.25) is 0 Å². The van der Waals surface area contributed by atoms with E-state index in [4.69, 9.17) is 11.5 Å². The third kappa shape index (κ3) is 2.08. The van der Waals surface area contributed by atoms with Gasteiger partial charge in [0, 0.05) is 17.4 Å². The molecule has 0 saturated heterocycles. The second kappa shape index (κ2) is 3.30. The monoisotopic (exact) mass is 181 g/mol. The van der Waals surface area contributed by atoms with Crippen LogP contribution >= 0.6 is 0 Å². The SMILES string of the molecule is Cc1cc(N)cc(=O)n1CC(N)=O. The summed E-state index contributed by atoms with van der Waals surface area (Å²) in [6.45, 7) is 1.59. The highest BCUT2D eigenvalue weighted by Gasteiger charge is 2.03. The van der Waals surface area contributed by atoms with Gasteiger partial charge in [0.2, 0.25) is 5.91 Å². The van der Waals surface area contributed by atoms with Crippen molar-refractivity contribution in [1.29, 1.82) is 0 Å². The number of amides is 1. The Balaban J connectivity index is 3.21. The topological polar surface area (TPSA) is 91.1 Å². The minimum Gasteiger partial charge on any atom is -0.399 e. The number of primary amides is 1. The lowest BCUT2D eigenvalue weighted by atomic mass is 10.3. The van der Waals surface area contributed by atoms with Gasteiger partial charge in [0.1, 0.15) is 6.54 Å². The Labute approximate surface area is 75.0 Å². The molecule has 0 aliphatic heterocycles. The molecule has 1 heterocycles. The standard InChI is InChI=1S/C8H11N3O2/c1-5-2-6(9)3-8(13)11(5)4-7(10)12/h2-3H,4,9H2,1H3,(H2,10,12). The molecular formula is C8H11N3O2. The largest absolute Gasteiger partial charge is 0.399 e. The van der Waals surface area contributed by atoms with Gasteiger partial charge in [-0.2, -0.15) is 0 Å². The summed E-state index contributed by atoms with van der Waals surface area (Å²) in [6.07, 6.45) is 0. The molecule has 5 heteroatoms. The summed E-state index contributed by atoms with van der Waals surface area (Å²) >= 11 is 0. The van der Waals surface area contributed by atoms with Crippen LogP contribution in [0.1, 0.15) is 5.69 Å². The first kappa shape index (κ1) is 9.31. The highest BCUT2D eigenvalue weighted by Crippen LogP contribution is 2.01. The Morgan fingerprint density at radius 1 is 1.54 bits per heavy atom. The van der Waals surface area contributed by atoms with E-state index in [9.17, 15) is 9.59 Å². The van der Waals surface area contributed by atoms with Gasteiger partial charge in [0.25, 0.3) is 5.56 Å². The summed E-state index contributed by atoms with van der Waals surface area (Å²) in [7, 11) is 0. The minimum atomic E-state index is -0.546. The molecule has 5 nitrogen and oxygen atoms in total. The summed E-state index contributed by atoms with van der Waals surface area (Å²) in [5.41, 5.74) is 11.1. The van der Waals surface area contributed by atoms with E-state index in [1.54, 1.807) is 13.0 Å². The van der Waals surface area contributed by atoms with Gasteiger partial charge in [0.05, 0.1) is 0 Å². The molecule has 0 bridgehead atoms. The Hall–Kier alpha value is -1.78. The maximum Gasteiger partial charge on any atom is 0.253 e. The van der Waals surface area contributed by atoms with E-state index in [1.165, 1.54) is 10.6 Å². The molecular weight excluding hydrogens is 170 g/mol. The smallest absolute Gasteiger partial charge is 0.253 e. The van der Waals surface area contributed by atoms with Gasteiger partial charge >= 0.3 is 0 Å². The average Bonchev–Trinajstić information content (AvgIpc) is 1.96. The number of carbonyl (C=O) groups is 1. The van der Waals surface area contributed by atoms with Crippen LogP contribution in [0.25, 0.3) is 0 Å². The number of carbonyl (C=O) groups excluding carboxylic acids is 1. The molecule has 0 aliphatic rings. The predicted octanol–water partition coefficient (Wildman–Crippen LogP) is -0.776. The van der Waals surface area contributed by atoms with E-state index >= 15 is 0 Å². The van der Waals surface area contributed by atoms with Gasteiger partial charge in [-0.1, -0.05) is 0 Å². The Kier molecular flexibility index (Phi) is 2.36. The lowest BCUT2D eigenvalue weighted by Crippen LogP contribution is -2.29. The summed E-state index contributed by atoms with van der Waals surface area (Å²) < 4.78 is 1.28. The molecule has 0 radical (unpaired) electrons. The zero-order chi connectivity index (χ0) is 10.0. The number of nitrogen functional groups attached to an aromatic ring is 1. The van der Waals surface area contributed by atoms with Crippen LogP contribution in [0.4, 0.5) is 5.69 Å². The first-order valence-electron chi connectivity index (χ1n) is 3.76. The van der Waals surface area contributed by atoms with Crippen molar-refractivity contribution < 1.29 is 4.79 Å². The van der Waals surface area contributed by atoms with Crippen molar-refractivity contribution in [2.75, 3.05) is 5.73 Å². The Morgan fingerprint density at radius 3 is 2.62 bits per heavy atom. The summed E-state index contributed by atoms with van der Waals surface area (Å²) in [4.78, 5) is 21.9. The molecule has 4 N–H and O–H groups in total. The van der Waals surface area contributed by atoms with Crippen LogP contribution in [0.3, 0.4) is 0 Å². The van der Waals surface area contributed by atoms with Gasteiger partial charge < -0.3 is 16.0 Å². The highest BCUT2D eigenvalue weighted by atomic mass is 16.2. The highest BCUT2D eigenvalue weighted by molar-refractivity contribution is 5.73. The lowest BCUT2D eigenvalue weighted by Gasteiger charge is -2.07. The summed E-state index contributed by atoms with van der Waals surface area (Å²) in [5, 5.41) is 0. The molecule has 1 aromatic heterocycles. The molecule has 70 valence electrons. The summed E-state index contributed by atoms with van der Waals surface area (Å²) in [6, 6.07) is 2.88. The lowest BCUT2D eigenvalue weighted by molar-refractivity contribution is -0.118. The molecule has 0 unspecified atom stereocenters. The van der Waals surface area contributed by atoms with Crippen LogP contribution in [0, 0.1) is 6.92 Å². The molecule has 0 atom stereocenters. The number of pyridine rings is 1. The van der Waals surface area contributed by atoms with E-state index in [-0.39, 0.29) is 12.1 Å². The van der Waals surface area contributed by atoms with E-state index in [0.717, 1.165) is 0 Å². The summed E-state index contributed by atoms with van der Waals surface area (Å²) in [5.74, 6) is -0.546. The van der Waals surface area contributed by atoms with Crippen LogP contribution in [0.15, 0.2) is 16.9 Å². The van der Waals surface area contributed by atoms with E-state index in [0.29, 0.717) is 11.4 Å². The zero-order valence-corrected chi connectivity index (χ0v) is 7.28. The van der Waals surface area contributed by atoms with Crippen molar-refractivity contribution in [3.05, 3.63) is 28.2 Å². The number of anilines is 1. The number of nitrogens with two attached hydrogens (primary N) is 2. The van der Waals surface area contributed by atoms with E-state index in [1.807, 2.05) is 0 Å². The molecule has 0 spiro atoms. The van der Waals surface area contributed by atoms with E-state index < -0.39 is 5.91 Å². The molecule has 1 amide bonds. The number of aryl methyl sites for hydroxylation is 1. The van der Waals surface area contributed by atoms with Crippen molar-refractivity contribution >= 4 is 11.6 Å². The maximum atomic E-state index is 11.3. The maximum absolute atomic E-state index is 11.3. The molecule has 0 aromatic carbocycles. The third-order valence-electron chi connectivity index (χ3n) is 1.67. The number of hydrogen-bond acceptors (Lipinski definition) is 3. The van der Waals surface area contributed by atoms with Crippen molar-refractivity contribution in [2.24, 2.45) is 5.73 Å². The zero-order valence-electron chi connectivity index (χ0n) is 7.28. The molecule has 0 aliphatic carbocycles. The number of rotatable bonds is 2. The molecule has 1 aromatic rings. The van der Waals surface area contributed by atoms with Gasteiger partial charge in [-0.3, -0.25) is 9.59 Å². The molecule has 0 fully saturated rings. The number of aromatic nitrogens is 1. The minimum absolute atomic E-state index is 0.106. The van der Waals surface area contributed by atoms with Crippen molar-refractivity contribution in [3.63, 3.8) is 0 Å². The second-order valence-electron chi connectivity index (χ2n) is 2.82. The van der Waals surface area contributed by atoms with Gasteiger partial charge in [-0.25, -0.2) is 0 Å². The molecule has 13 heavy (non-hydrogen) atoms. The Morgan fingerprint density at radius 2 is 2.15 bits per heavy atom. The first-order chi connectivity index (χ1) is 6.00. The quantitative estimate of drug-likeness (QED) is 0.627. The molecule has 0 saturated carbocycles. The number of hydrogen-bond donors (Lipinski definition) is 2. The van der Waals surface area contributed by atoms with Crippen molar-refractivity contribution in [2.45, 2.75) is 13.5 Å². The normalized spacial score (nSPS) is 9.92.